The highest BCUT2D eigenvalue weighted by Gasteiger charge is 2.30. The van der Waals surface area contributed by atoms with Crippen LogP contribution in [0.5, 0.6) is 0 Å². The topological polar surface area (TPSA) is 100 Å². The summed E-state index contributed by atoms with van der Waals surface area (Å²) in [6.07, 6.45) is 1.12. The number of sulfone groups is 1. The molecule has 10 heteroatoms. The lowest BCUT2D eigenvalue weighted by molar-refractivity contribution is 0.0507. The number of guanidine groups is 1. The third-order valence-corrected chi connectivity index (χ3v) is 6.13. The fraction of sp³-hybridized carbons (Fsp3) is 0.875. The first-order valence-electron chi connectivity index (χ1n) is 8.73. The average molecular weight is 502 g/mol. The molecule has 0 bridgehead atoms. The minimum atomic E-state index is -2.86. The number of aliphatic imine (C=N–C) groups is 1. The van der Waals surface area contributed by atoms with Gasteiger partial charge in [0.15, 0.2) is 15.8 Å². The van der Waals surface area contributed by atoms with Gasteiger partial charge in [-0.05, 0) is 39.5 Å². The van der Waals surface area contributed by atoms with Crippen LogP contribution >= 0.6 is 24.0 Å². The van der Waals surface area contributed by atoms with Gasteiger partial charge in [0.25, 0.3) is 0 Å². The van der Waals surface area contributed by atoms with Crippen molar-refractivity contribution < 1.29 is 17.9 Å². The molecule has 2 rings (SSSR count). The molecule has 2 saturated heterocycles. The number of likely N-dealkylation sites (tertiary alicyclic amines) is 1. The number of nitrogens with zero attached hydrogens (tertiary/aromatic N) is 2. The third-order valence-electron chi connectivity index (χ3n) is 4.30. The zero-order valence-corrected chi connectivity index (χ0v) is 19.1. The maximum Gasteiger partial charge on any atom is 0.407 e. The van der Waals surface area contributed by atoms with E-state index < -0.39 is 21.5 Å². The number of hydrogen-bond donors (Lipinski definition) is 2. The summed E-state index contributed by atoms with van der Waals surface area (Å²) >= 11 is 0. The molecule has 2 aliphatic rings. The Bertz CT molecular complexity index is 618. The van der Waals surface area contributed by atoms with Crippen molar-refractivity contribution in [1.29, 1.82) is 0 Å². The summed E-state index contributed by atoms with van der Waals surface area (Å²) in [4.78, 5) is 18.2. The van der Waals surface area contributed by atoms with E-state index in [2.05, 4.69) is 20.5 Å². The Morgan fingerprint density at radius 3 is 2.54 bits per heavy atom. The van der Waals surface area contributed by atoms with Gasteiger partial charge in [0.2, 0.25) is 0 Å². The lowest BCUT2D eigenvalue weighted by atomic mass is 10.1. The summed E-state index contributed by atoms with van der Waals surface area (Å²) in [6.45, 7) is 7.55. The molecule has 0 spiro atoms. The largest absolute Gasteiger partial charge is 0.444 e. The molecule has 2 heterocycles. The van der Waals surface area contributed by atoms with E-state index in [1.165, 1.54) is 0 Å². The number of carbonyl (C=O) groups is 1. The van der Waals surface area contributed by atoms with Crippen LogP contribution in [0.3, 0.4) is 0 Å². The number of amides is 1. The van der Waals surface area contributed by atoms with Gasteiger partial charge in [-0.2, -0.15) is 0 Å². The molecule has 1 amide bonds. The minimum absolute atomic E-state index is 0. The van der Waals surface area contributed by atoms with E-state index in [0.29, 0.717) is 19.5 Å². The van der Waals surface area contributed by atoms with Crippen molar-refractivity contribution in [3.63, 3.8) is 0 Å². The molecular formula is C16H31IN4O4S. The maximum atomic E-state index is 11.9. The summed E-state index contributed by atoms with van der Waals surface area (Å²) in [5.41, 5.74) is -0.512. The molecule has 0 aromatic carbocycles. The first kappa shape index (κ1) is 23.3. The van der Waals surface area contributed by atoms with E-state index in [0.717, 1.165) is 18.9 Å². The second kappa shape index (κ2) is 9.43. The van der Waals surface area contributed by atoms with Crippen molar-refractivity contribution >= 4 is 45.9 Å². The minimum Gasteiger partial charge on any atom is -0.444 e. The van der Waals surface area contributed by atoms with Crippen molar-refractivity contribution in [1.82, 2.24) is 15.5 Å². The summed E-state index contributed by atoms with van der Waals surface area (Å²) in [6, 6.07) is 0.0141. The lowest BCUT2D eigenvalue weighted by Gasteiger charge is -2.24. The van der Waals surface area contributed by atoms with Crippen molar-refractivity contribution in [3.8, 4) is 0 Å². The van der Waals surface area contributed by atoms with Crippen LogP contribution < -0.4 is 10.6 Å². The normalized spacial score (nSPS) is 25.5. The molecule has 2 fully saturated rings. The number of carbonyl (C=O) groups excluding carboxylic acids is 1. The first-order chi connectivity index (χ1) is 11.6. The van der Waals surface area contributed by atoms with Crippen molar-refractivity contribution in [2.75, 3.05) is 38.2 Å². The van der Waals surface area contributed by atoms with Crippen LogP contribution in [-0.4, -0.2) is 75.2 Å². The zero-order valence-electron chi connectivity index (χ0n) is 15.9. The predicted octanol–water partition coefficient (Wildman–Crippen LogP) is 1.21. The second-order valence-electron chi connectivity index (χ2n) is 7.78. The number of ether oxygens (including phenoxy) is 1. The van der Waals surface area contributed by atoms with Crippen LogP contribution in [0.1, 0.15) is 33.6 Å². The molecule has 26 heavy (non-hydrogen) atoms. The number of halogens is 1. The Balaban J connectivity index is 0.00000338. The molecule has 8 nitrogen and oxygen atoms in total. The summed E-state index contributed by atoms with van der Waals surface area (Å²) < 4.78 is 28.4. The van der Waals surface area contributed by atoms with E-state index in [-0.39, 0.29) is 47.4 Å². The van der Waals surface area contributed by atoms with E-state index >= 15 is 0 Å². The molecule has 0 aromatic rings. The van der Waals surface area contributed by atoms with Crippen LogP contribution in [0.4, 0.5) is 4.79 Å². The van der Waals surface area contributed by atoms with Gasteiger partial charge in [-0.25, -0.2) is 13.2 Å². The molecule has 2 atom stereocenters. The number of rotatable bonds is 3. The molecule has 2 unspecified atom stereocenters. The van der Waals surface area contributed by atoms with Gasteiger partial charge in [-0.15, -0.1) is 24.0 Å². The zero-order chi connectivity index (χ0) is 18.7. The monoisotopic (exact) mass is 502 g/mol. The van der Waals surface area contributed by atoms with Crippen LogP contribution in [0.15, 0.2) is 4.99 Å². The summed E-state index contributed by atoms with van der Waals surface area (Å²) in [5, 5.41) is 6.16. The smallest absolute Gasteiger partial charge is 0.407 e. The van der Waals surface area contributed by atoms with Gasteiger partial charge in [0.05, 0.1) is 17.5 Å². The highest BCUT2D eigenvalue weighted by molar-refractivity contribution is 14.0. The fourth-order valence-corrected chi connectivity index (χ4v) is 5.01. The Kier molecular flexibility index (Phi) is 8.43. The summed E-state index contributed by atoms with van der Waals surface area (Å²) in [5.74, 6) is 1.42. The van der Waals surface area contributed by atoms with Crippen molar-refractivity contribution in [2.45, 2.75) is 45.3 Å². The molecule has 0 saturated carbocycles. The average Bonchev–Trinajstić information content (AvgIpc) is 3.04. The third kappa shape index (κ3) is 7.45. The van der Waals surface area contributed by atoms with E-state index in [1.807, 2.05) is 20.8 Å². The summed E-state index contributed by atoms with van der Waals surface area (Å²) in [7, 11) is -1.15. The van der Waals surface area contributed by atoms with E-state index in [1.54, 1.807) is 7.05 Å². The molecule has 2 N–H and O–H groups in total. The van der Waals surface area contributed by atoms with Gasteiger partial charge in [0, 0.05) is 26.7 Å². The molecule has 152 valence electrons. The van der Waals surface area contributed by atoms with Gasteiger partial charge in [-0.3, -0.25) is 4.99 Å². The quantitative estimate of drug-likeness (QED) is 0.342. The second-order valence-corrected chi connectivity index (χ2v) is 10.0. The standard InChI is InChI=1S/C16H30N4O4S.HI/c1-16(2,3)24-15(21)19-13-5-7-20(10-13)14(17-4)18-9-12-6-8-25(22,23)11-12;/h12-13H,5-11H2,1-4H3,(H,17,18)(H,19,21);1H. The Hall–Kier alpha value is -0.780. The molecular weight excluding hydrogens is 471 g/mol. The Labute approximate surface area is 173 Å². The van der Waals surface area contributed by atoms with Crippen molar-refractivity contribution in [3.05, 3.63) is 0 Å². The number of hydrogen-bond acceptors (Lipinski definition) is 5. The molecule has 0 aromatic heterocycles. The molecule has 2 aliphatic heterocycles. The SMILES string of the molecule is CN=C(NCC1CCS(=O)(=O)C1)N1CCC(NC(=O)OC(C)(C)C)C1.I. The Morgan fingerprint density at radius 1 is 1.31 bits per heavy atom. The maximum absolute atomic E-state index is 11.9. The van der Waals surface area contributed by atoms with Gasteiger partial charge in [0.1, 0.15) is 5.60 Å². The fourth-order valence-electron chi connectivity index (χ4n) is 3.15. The van der Waals surface area contributed by atoms with Crippen LogP contribution in [-0.2, 0) is 14.6 Å². The first-order valence-corrected chi connectivity index (χ1v) is 10.6. The van der Waals surface area contributed by atoms with Gasteiger partial charge in [-0.1, -0.05) is 0 Å². The van der Waals surface area contributed by atoms with E-state index in [4.69, 9.17) is 4.74 Å². The Morgan fingerprint density at radius 2 is 2.00 bits per heavy atom. The molecule has 0 radical (unpaired) electrons. The lowest BCUT2D eigenvalue weighted by Crippen LogP contribution is -2.45. The highest BCUT2D eigenvalue weighted by Crippen LogP contribution is 2.18. The van der Waals surface area contributed by atoms with Gasteiger partial charge < -0.3 is 20.3 Å². The van der Waals surface area contributed by atoms with E-state index in [9.17, 15) is 13.2 Å². The molecule has 0 aliphatic carbocycles. The van der Waals surface area contributed by atoms with Crippen LogP contribution in [0, 0.1) is 5.92 Å². The van der Waals surface area contributed by atoms with Crippen molar-refractivity contribution in [2.24, 2.45) is 10.9 Å². The van der Waals surface area contributed by atoms with Crippen LogP contribution in [0.2, 0.25) is 0 Å². The number of nitrogens with one attached hydrogen (secondary N) is 2. The predicted molar refractivity (Wildman–Crippen MR) is 113 cm³/mol. The van der Waals surface area contributed by atoms with Crippen LogP contribution in [0.25, 0.3) is 0 Å². The van der Waals surface area contributed by atoms with Gasteiger partial charge >= 0.3 is 6.09 Å². The highest BCUT2D eigenvalue weighted by atomic mass is 127. The number of alkyl carbamates (subject to hydrolysis) is 1.